The Labute approximate surface area is 133 Å². The molecule has 0 aliphatic rings. The molecular formula is C14H18Cl2N2O3. The van der Waals surface area contributed by atoms with Crippen molar-refractivity contribution in [3.05, 3.63) is 29.8 Å². The van der Waals surface area contributed by atoms with Crippen molar-refractivity contribution >= 4 is 41.3 Å². The summed E-state index contributed by atoms with van der Waals surface area (Å²) >= 11 is 11.6. The Morgan fingerprint density at radius 3 is 2.52 bits per heavy atom. The molecule has 0 saturated carbocycles. The molecule has 1 rings (SSSR count). The molecule has 5 nitrogen and oxygen atoms in total. The summed E-state index contributed by atoms with van der Waals surface area (Å²) in [5.74, 6) is -0.109. The topological polar surface area (TPSA) is 69.6 Å². The molecule has 1 atom stereocenters. The van der Waals surface area contributed by atoms with E-state index in [4.69, 9.17) is 28.3 Å². The Kier molecular flexibility index (Phi) is 7.93. The van der Waals surface area contributed by atoms with Gasteiger partial charge in [0.05, 0.1) is 0 Å². The predicted octanol–water partition coefficient (Wildman–Crippen LogP) is 1.71. The molecule has 0 aliphatic carbocycles. The van der Waals surface area contributed by atoms with Crippen molar-refractivity contribution in [3.63, 3.8) is 0 Å². The second-order valence-electron chi connectivity index (χ2n) is 4.41. The van der Waals surface area contributed by atoms with Crippen LogP contribution in [0, 0.1) is 0 Å². The Balaban J connectivity index is 2.87. The SMILES string of the molecule is O=CNC(Cc1cccc(N(CCCl)CCCl)c1)C(=O)O. The Morgan fingerprint density at radius 2 is 2.00 bits per heavy atom. The first-order valence-electron chi connectivity index (χ1n) is 6.50. The van der Waals surface area contributed by atoms with Gasteiger partial charge in [0.25, 0.3) is 0 Å². The number of alkyl halides is 2. The van der Waals surface area contributed by atoms with Crippen LogP contribution in [0.4, 0.5) is 5.69 Å². The maximum absolute atomic E-state index is 11.1. The van der Waals surface area contributed by atoms with E-state index in [9.17, 15) is 9.59 Å². The lowest BCUT2D eigenvalue weighted by Gasteiger charge is -2.23. The number of aliphatic carboxylic acids is 1. The van der Waals surface area contributed by atoms with Gasteiger partial charge < -0.3 is 15.3 Å². The van der Waals surface area contributed by atoms with Gasteiger partial charge >= 0.3 is 5.97 Å². The van der Waals surface area contributed by atoms with Crippen molar-refractivity contribution in [1.29, 1.82) is 0 Å². The van der Waals surface area contributed by atoms with E-state index in [1.165, 1.54) is 0 Å². The van der Waals surface area contributed by atoms with E-state index in [2.05, 4.69) is 5.32 Å². The van der Waals surface area contributed by atoms with Crippen molar-refractivity contribution < 1.29 is 14.7 Å². The lowest BCUT2D eigenvalue weighted by molar-refractivity contribution is -0.140. The number of carboxylic acids is 1. The van der Waals surface area contributed by atoms with Crippen LogP contribution in [0.5, 0.6) is 0 Å². The minimum absolute atomic E-state index is 0.220. The molecule has 21 heavy (non-hydrogen) atoms. The molecule has 0 spiro atoms. The van der Waals surface area contributed by atoms with Crippen LogP contribution in [-0.4, -0.2) is 48.4 Å². The van der Waals surface area contributed by atoms with Gasteiger partial charge in [0, 0.05) is 37.0 Å². The maximum atomic E-state index is 11.1. The van der Waals surface area contributed by atoms with Gasteiger partial charge in [0.1, 0.15) is 6.04 Å². The fourth-order valence-electron chi connectivity index (χ4n) is 1.99. The van der Waals surface area contributed by atoms with Crippen LogP contribution < -0.4 is 10.2 Å². The number of halogens is 2. The van der Waals surface area contributed by atoms with Crippen molar-refractivity contribution in [1.82, 2.24) is 5.32 Å². The molecule has 0 heterocycles. The third kappa shape index (κ3) is 5.81. The summed E-state index contributed by atoms with van der Waals surface area (Å²) < 4.78 is 0. The minimum Gasteiger partial charge on any atom is -0.480 e. The second-order valence-corrected chi connectivity index (χ2v) is 5.17. The van der Waals surface area contributed by atoms with Gasteiger partial charge in [0.2, 0.25) is 6.41 Å². The molecule has 0 aromatic heterocycles. The third-order valence-electron chi connectivity index (χ3n) is 2.99. The quantitative estimate of drug-likeness (QED) is 0.505. The number of anilines is 1. The van der Waals surface area contributed by atoms with Crippen LogP contribution in [0.3, 0.4) is 0 Å². The molecule has 1 unspecified atom stereocenters. The first-order valence-corrected chi connectivity index (χ1v) is 7.57. The van der Waals surface area contributed by atoms with Crippen LogP contribution in [-0.2, 0) is 16.0 Å². The zero-order chi connectivity index (χ0) is 15.7. The first-order chi connectivity index (χ1) is 10.1. The van der Waals surface area contributed by atoms with Crippen LogP contribution in [0.15, 0.2) is 24.3 Å². The third-order valence-corrected chi connectivity index (χ3v) is 3.33. The molecule has 0 aliphatic heterocycles. The smallest absolute Gasteiger partial charge is 0.326 e. The molecule has 1 aromatic rings. The molecule has 7 heteroatoms. The summed E-state index contributed by atoms with van der Waals surface area (Å²) in [5.41, 5.74) is 1.76. The van der Waals surface area contributed by atoms with Gasteiger partial charge in [-0.25, -0.2) is 4.79 Å². The summed E-state index contributed by atoms with van der Waals surface area (Å²) in [6.45, 7) is 1.32. The monoisotopic (exact) mass is 332 g/mol. The minimum atomic E-state index is -1.06. The van der Waals surface area contributed by atoms with Crippen molar-refractivity contribution in [2.24, 2.45) is 0 Å². The average molecular weight is 333 g/mol. The van der Waals surface area contributed by atoms with Gasteiger partial charge in [-0.1, -0.05) is 12.1 Å². The summed E-state index contributed by atoms with van der Waals surface area (Å²) in [6.07, 6.45) is 0.618. The summed E-state index contributed by atoms with van der Waals surface area (Å²) in [6, 6.07) is 6.55. The molecule has 1 amide bonds. The molecule has 0 saturated heterocycles. The van der Waals surface area contributed by atoms with Crippen LogP contribution in [0.25, 0.3) is 0 Å². The lowest BCUT2D eigenvalue weighted by Crippen LogP contribution is -2.37. The fraction of sp³-hybridized carbons (Fsp3) is 0.429. The van der Waals surface area contributed by atoms with Crippen LogP contribution in [0.1, 0.15) is 5.56 Å². The highest BCUT2D eigenvalue weighted by Crippen LogP contribution is 2.17. The van der Waals surface area contributed by atoms with Gasteiger partial charge in [-0.05, 0) is 17.7 Å². The molecule has 0 fully saturated rings. The first kappa shape index (κ1) is 17.6. The highest BCUT2D eigenvalue weighted by atomic mass is 35.5. The van der Waals surface area contributed by atoms with Crippen LogP contribution in [0.2, 0.25) is 0 Å². The maximum Gasteiger partial charge on any atom is 0.326 e. The molecule has 116 valence electrons. The van der Waals surface area contributed by atoms with Gasteiger partial charge in [0.15, 0.2) is 0 Å². The lowest BCUT2D eigenvalue weighted by atomic mass is 10.1. The Morgan fingerprint density at radius 1 is 1.33 bits per heavy atom. The van der Waals surface area contributed by atoms with Crippen molar-refractivity contribution in [3.8, 4) is 0 Å². The molecular weight excluding hydrogens is 315 g/mol. The zero-order valence-electron chi connectivity index (χ0n) is 11.5. The summed E-state index contributed by atoms with van der Waals surface area (Å²) in [7, 11) is 0. The van der Waals surface area contributed by atoms with Gasteiger partial charge in [-0.2, -0.15) is 0 Å². The van der Waals surface area contributed by atoms with E-state index in [0.29, 0.717) is 31.3 Å². The number of carboxylic acid groups (broad SMARTS) is 1. The van der Waals surface area contributed by atoms with Crippen LogP contribution >= 0.6 is 23.2 Å². The van der Waals surface area contributed by atoms with Crippen molar-refractivity contribution in [2.75, 3.05) is 29.7 Å². The van der Waals surface area contributed by atoms with E-state index in [-0.39, 0.29) is 6.42 Å². The van der Waals surface area contributed by atoms with Crippen molar-refractivity contribution in [2.45, 2.75) is 12.5 Å². The summed E-state index contributed by atoms with van der Waals surface area (Å²) in [5, 5.41) is 11.3. The van der Waals surface area contributed by atoms with E-state index in [1.54, 1.807) is 0 Å². The summed E-state index contributed by atoms with van der Waals surface area (Å²) in [4.78, 5) is 23.5. The number of hydrogen-bond acceptors (Lipinski definition) is 3. The Hall–Kier alpha value is -1.46. The average Bonchev–Trinajstić information content (AvgIpc) is 2.47. The van der Waals surface area contributed by atoms with E-state index in [1.807, 2.05) is 29.2 Å². The molecule has 0 bridgehead atoms. The number of carbonyl (C=O) groups excluding carboxylic acids is 1. The van der Waals surface area contributed by atoms with E-state index < -0.39 is 12.0 Å². The molecule has 1 aromatic carbocycles. The van der Waals surface area contributed by atoms with E-state index in [0.717, 1.165) is 11.3 Å². The molecule has 2 N–H and O–H groups in total. The number of rotatable bonds is 10. The zero-order valence-corrected chi connectivity index (χ0v) is 13.0. The number of amides is 1. The molecule has 0 radical (unpaired) electrons. The number of nitrogens with zero attached hydrogens (tertiary/aromatic N) is 1. The Bertz CT molecular complexity index is 465. The highest BCUT2D eigenvalue weighted by Gasteiger charge is 2.17. The number of hydrogen-bond donors (Lipinski definition) is 2. The number of carbonyl (C=O) groups is 2. The predicted molar refractivity (Wildman–Crippen MR) is 84.4 cm³/mol. The van der Waals surface area contributed by atoms with Gasteiger partial charge in [-0.15, -0.1) is 23.2 Å². The largest absolute Gasteiger partial charge is 0.480 e. The fourth-order valence-corrected chi connectivity index (χ4v) is 2.40. The van der Waals surface area contributed by atoms with Gasteiger partial charge in [-0.3, -0.25) is 4.79 Å². The highest BCUT2D eigenvalue weighted by molar-refractivity contribution is 6.18. The number of benzene rings is 1. The van der Waals surface area contributed by atoms with E-state index >= 15 is 0 Å². The normalized spacial score (nSPS) is 11.7. The number of nitrogens with one attached hydrogen (secondary N) is 1. The second kappa shape index (κ2) is 9.47. The standard InChI is InChI=1S/C14H18Cl2N2O3/c15-4-6-18(7-5-16)12-3-1-2-11(8-12)9-13(14(20)21)17-10-19/h1-3,8,10,13H,4-7,9H2,(H,17,19)(H,20,21).